The van der Waals surface area contributed by atoms with E-state index in [4.69, 9.17) is 4.74 Å². The number of nitrogens with one attached hydrogen (secondary N) is 1. The average Bonchev–Trinajstić information content (AvgIpc) is 3.06. The lowest BCUT2D eigenvalue weighted by atomic mass is 10.0. The fourth-order valence-electron chi connectivity index (χ4n) is 5.02. The number of sulfonamides is 1. The van der Waals surface area contributed by atoms with Crippen molar-refractivity contribution in [2.75, 3.05) is 17.5 Å². The maximum Gasteiger partial charge on any atom is 0.264 e. The van der Waals surface area contributed by atoms with E-state index in [9.17, 15) is 18.0 Å². The maximum absolute atomic E-state index is 14.5. The number of amides is 2. The molecule has 9 heteroatoms. The highest BCUT2D eigenvalue weighted by Crippen LogP contribution is 2.27. The van der Waals surface area contributed by atoms with Crippen LogP contribution in [0.3, 0.4) is 0 Å². The van der Waals surface area contributed by atoms with E-state index in [0.29, 0.717) is 18.0 Å². The van der Waals surface area contributed by atoms with Gasteiger partial charge in [-0.05, 0) is 74.7 Å². The summed E-state index contributed by atoms with van der Waals surface area (Å²) in [6.45, 7) is 7.72. The van der Waals surface area contributed by atoms with Crippen molar-refractivity contribution in [3.63, 3.8) is 0 Å². The largest absolute Gasteiger partial charge is 0.494 e. The SMILES string of the molecule is CCOc1ccc(S(=O)(=O)N(CC(=O)N(Cc2ccccc2)C(Cc2ccccc2)C(=O)NC(C)CC)c2ccc(C)cc2)cc1. The highest BCUT2D eigenvalue weighted by Gasteiger charge is 2.35. The van der Waals surface area contributed by atoms with Gasteiger partial charge in [-0.1, -0.05) is 85.3 Å². The molecule has 1 N–H and O–H groups in total. The molecule has 0 aliphatic rings. The van der Waals surface area contributed by atoms with E-state index < -0.39 is 28.5 Å². The van der Waals surface area contributed by atoms with Crippen molar-refractivity contribution in [2.45, 2.75) is 64.1 Å². The summed E-state index contributed by atoms with van der Waals surface area (Å²) in [5.74, 6) is -0.248. The molecule has 0 aromatic heterocycles. The predicted octanol–water partition coefficient (Wildman–Crippen LogP) is 6.14. The van der Waals surface area contributed by atoms with Crippen LogP contribution >= 0.6 is 0 Å². The monoisotopic (exact) mass is 641 g/mol. The van der Waals surface area contributed by atoms with E-state index in [1.54, 1.807) is 36.4 Å². The van der Waals surface area contributed by atoms with Gasteiger partial charge in [-0.3, -0.25) is 13.9 Å². The summed E-state index contributed by atoms with van der Waals surface area (Å²) in [7, 11) is -4.20. The Kier molecular flexibility index (Phi) is 12.0. The van der Waals surface area contributed by atoms with Crippen LogP contribution in [0.1, 0.15) is 43.9 Å². The minimum atomic E-state index is -4.20. The molecular formula is C37H43N3O5S. The van der Waals surface area contributed by atoms with Gasteiger partial charge < -0.3 is 15.0 Å². The molecule has 0 spiro atoms. The van der Waals surface area contributed by atoms with Crippen LogP contribution in [-0.4, -0.2) is 50.4 Å². The zero-order chi connectivity index (χ0) is 33.1. The fourth-order valence-corrected chi connectivity index (χ4v) is 6.43. The van der Waals surface area contributed by atoms with Crippen LogP contribution in [-0.2, 0) is 32.6 Å². The van der Waals surface area contributed by atoms with Gasteiger partial charge in [0, 0.05) is 19.0 Å². The number of ether oxygens (including phenoxy) is 1. The first-order valence-corrected chi connectivity index (χ1v) is 17.1. The van der Waals surface area contributed by atoms with Gasteiger partial charge in [0.2, 0.25) is 11.8 Å². The molecule has 242 valence electrons. The first kappa shape index (κ1) is 34.2. The van der Waals surface area contributed by atoms with E-state index in [-0.39, 0.29) is 29.8 Å². The quantitative estimate of drug-likeness (QED) is 0.168. The second-order valence-electron chi connectivity index (χ2n) is 11.3. The lowest BCUT2D eigenvalue weighted by Gasteiger charge is -2.34. The highest BCUT2D eigenvalue weighted by atomic mass is 32.2. The van der Waals surface area contributed by atoms with Crippen molar-refractivity contribution in [3.05, 3.63) is 126 Å². The normalized spacial score (nSPS) is 12.5. The molecule has 0 bridgehead atoms. The number of hydrogen-bond acceptors (Lipinski definition) is 5. The summed E-state index contributed by atoms with van der Waals surface area (Å²) >= 11 is 0. The predicted molar refractivity (Wildman–Crippen MR) is 182 cm³/mol. The summed E-state index contributed by atoms with van der Waals surface area (Å²) in [4.78, 5) is 30.0. The Morgan fingerprint density at radius 1 is 0.804 bits per heavy atom. The van der Waals surface area contributed by atoms with E-state index in [0.717, 1.165) is 27.4 Å². The number of nitrogens with zero attached hydrogens (tertiary/aromatic N) is 2. The second kappa shape index (κ2) is 16.1. The Morgan fingerprint density at radius 2 is 1.39 bits per heavy atom. The van der Waals surface area contributed by atoms with Crippen LogP contribution in [0.2, 0.25) is 0 Å². The molecule has 4 aromatic carbocycles. The molecule has 4 rings (SSSR count). The number of aryl methyl sites for hydroxylation is 1. The van der Waals surface area contributed by atoms with E-state index in [2.05, 4.69) is 5.32 Å². The van der Waals surface area contributed by atoms with Gasteiger partial charge in [0.25, 0.3) is 10.0 Å². The molecule has 0 heterocycles. The van der Waals surface area contributed by atoms with Crippen LogP contribution in [0.5, 0.6) is 5.75 Å². The first-order chi connectivity index (χ1) is 22.1. The standard InChI is InChI=1S/C37H43N3O5S/c1-5-29(4)38-37(42)35(25-30-13-9-7-10-14-30)39(26-31-15-11-8-12-16-31)36(41)27-40(32-19-17-28(3)18-20-32)46(43,44)34-23-21-33(22-24-34)45-6-2/h7-24,29,35H,5-6,25-27H2,1-4H3,(H,38,42). The van der Waals surface area contributed by atoms with Crippen molar-refractivity contribution in [1.82, 2.24) is 10.2 Å². The molecule has 2 atom stereocenters. The van der Waals surface area contributed by atoms with Gasteiger partial charge in [0.05, 0.1) is 17.2 Å². The average molecular weight is 642 g/mol. The molecule has 0 saturated heterocycles. The van der Waals surface area contributed by atoms with Crippen molar-refractivity contribution in [3.8, 4) is 5.75 Å². The molecule has 8 nitrogen and oxygen atoms in total. The molecule has 0 aliphatic carbocycles. The first-order valence-electron chi connectivity index (χ1n) is 15.6. The molecule has 46 heavy (non-hydrogen) atoms. The lowest BCUT2D eigenvalue weighted by Crippen LogP contribution is -2.54. The molecule has 4 aromatic rings. The Morgan fingerprint density at radius 3 is 1.96 bits per heavy atom. The van der Waals surface area contributed by atoms with E-state index in [1.807, 2.05) is 88.4 Å². The van der Waals surface area contributed by atoms with Gasteiger partial charge in [0.15, 0.2) is 0 Å². The third-order valence-electron chi connectivity index (χ3n) is 7.79. The van der Waals surface area contributed by atoms with Crippen LogP contribution in [0.25, 0.3) is 0 Å². The van der Waals surface area contributed by atoms with Crippen LogP contribution < -0.4 is 14.4 Å². The van der Waals surface area contributed by atoms with Gasteiger partial charge in [0.1, 0.15) is 18.3 Å². The van der Waals surface area contributed by atoms with Crippen LogP contribution in [0, 0.1) is 6.92 Å². The van der Waals surface area contributed by atoms with Crippen molar-refractivity contribution in [2.24, 2.45) is 0 Å². The van der Waals surface area contributed by atoms with Crippen molar-refractivity contribution in [1.29, 1.82) is 0 Å². The number of carbonyl (C=O) groups is 2. The molecular weight excluding hydrogens is 598 g/mol. The fraction of sp³-hybridized carbons (Fsp3) is 0.297. The summed E-state index contributed by atoms with van der Waals surface area (Å²) in [6, 6.07) is 31.1. The maximum atomic E-state index is 14.5. The zero-order valence-corrected chi connectivity index (χ0v) is 27.7. The lowest BCUT2D eigenvalue weighted by molar-refractivity contribution is -0.140. The second-order valence-corrected chi connectivity index (χ2v) is 13.1. The summed E-state index contributed by atoms with van der Waals surface area (Å²) in [6.07, 6.45) is 0.982. The molecule has 0 saturated carbocycles. The zero-order valence-electron chi connectivity index (χ0n) is 26.9. The van der Waals surface area contributed by atoms with Crippen LogP contribution in [0.15, 0.2) is 114 Å². The smallest absolute Gasteiger partial charge is 0.264 e. The van der Waals surface area contributed by atoms with Crippen LogP contribution in [0.4, 0.5) is 5.69 Å². The summed E-state index contributed by atoms with van der Waals surface area (Å²) in [5.41, 5.74) is 3.00. The van der Waals surface area contributed by atoms with Gasteiger partial charge >= 0.3 is 0 Å². The molecule has 2 amide bonds. The van der Waals surface area contributed by atoms with Gasteiger partial charge in [-0.15, -0.1) is 0 Å². The third kappa shape index (κ3) is 8.97. The van der Waals surface area contributed by atoms with Crippen molar-refractivity contribution < 1.29 is 22.7 Å². The van der Waals surface area contributed by atoms with Gasteiger partial charge in [-0.25, -0.2) is 8.42 Å². The molecule has 0 fully saturated rings. The topological polar surface area (TPSA) is 96.0 Å². The van der Waals surface area contributed by atoms with Gasteiger partial charge in [-0.2, -0.15) is 0 Å². The molecule has 0 radical (unpaired) electrons. The highest BCUT2D eigenvalue weighted by molar-refractivity contribution is 7.92. The Balaban J connectivity index is 1.78. The summed E-state index contributed by atoms with van der Waals surface area (Å²) in [5, 5.41) is 3.06. The van der Waals surface area contributed by atoms with E-state index >= 15 is 0 Å². The molecule has 0 aliphatic heterocycles. The van der Waals surface area contributed by atoms with Crippen molar-refractivity contribution >= 4 is 27.5 Å². The Labute approximate surface area is 273 Å². The third-order valence-corrected chi connectivity index (χ3v) is 9.58. The minimum absolute atomic E-state index is 0.0225. The Bertz CT molecular complexity index is 1660. The number of benzene rings is 4. The van der Waals surface area contributed by atoms with E-state index in [1.165, 1.54) is 17.0 Å². The summed E-state index contributed by atoms with van der Waals surface area (Å²) < 4.78 is 35.1. The number of anilines is 1. The number of carbonyl (C=O) groups excluding carboxylic acids is 2. The minimum Gasteiger partial charge on any atom is -0.494 e. The number of hydrogen-bond donors (Lipinski definition) is 1. The Hall–Kier alpha value is -4.63. The number of rotatable bonds is 15. The molecule has 2 unspecified atom stereocenters.